The molecule has 0 saturated heterocycles. The maximum atomic E-state index is 13.2. The van der Waals surface area contributed by atoms with Crippen LogP contribution in [0.5, 0.6) is 0 Å². The van der Waals surface area contributed by atoms with Crippen molar-refractivity contribution in [3.63, 3.8) is 0 Å². The van der Waals surface area contributed by atoms with Crippen LogP contribution in [0.4, 0.5) is 13.2 Å². The van der Waals surface area contributed by atoms with Crippen molar-refractivity contribution in [3.05, 3.63) is 89.7 Å². The SMILES string of the molecule is C[C@@H](NC(=O)c1ccc(-c2ccncc2)cc1)c1ccccc1C(F)(F)F. The molecule has 1 N–H and O–H groups in total. The molecule has 27 heavy (non-hydrogen) atoms. The van der Waals surface area contributed by atoms with Gasteiger partial charge in [0.25, 0.3) is 5.91 Å². The van der Waals surface area contributed by atoms with Crippen LogP contribution in [0.25, 0.3) is 11.1 Å². The van der Waals surface area contributed by atoms with Gasteiger partial charge in [0.2, 0.25) is 0 Å². The third kappa shape index (κ3) is 4.34. The number of rotatable bonds is 4. The van der Waals surface area contributed by atoms with Crippen molar-refractivity contribution in [2.24, 2.45) is 0 Å². The molecule has 0 aliphatic rings. The topological polar surface area (TPSA) is 42.0 Å². The molecular weight excluding hydrogens is 353 g/mol. The van der Waals surface area contributed by atoms with Crippen molar-refractivity contribution in [2.75, 3.05) is 0 Å². The number of carbonyl (C=O) groups is 1. The molecule has 3 rings (SSSR count). The molecule has 0 radical (unpaired) electrons. The molecule has 1 amide bonds. The number of nitrogens with zero attached hydrogens (tertiary/aromatic N) is 1. The lowest BCUT2D eigenvalue weighted by molar-refractivity contribution is -0.138. The van der Waals surface area contributed by atoms with Crippen molar-refractivity contribution < 1.29 is 18.0 Å². The molecule has 3 aromatic rings. The minimum Gasteiger partial charge on any atom is -0.346 e. The van der Waals surface area contributed by atoms with E-state index in [0.717, 1.165) is 17.2 Å². The van der Waals surface area contributed by atoms with Crippen LogP contribution < -0.4 is 5.32 Å². The van der Waals surface area contributed by atoms with Gasteiger partial charge >= 0.3 is 6.18 Å². The van der Waals surface area contributed by atoms with Gasteiger partial charge in [0.05, 0.1) is 11.6 Å². The third-order valence-electron chi connectivity index (χ3n) is 4.24. The Morgan fingerprint density at radius 2 is 1.52 bits per heavy atom. The summed E-state index contributed by atoms with van der Waals surface area (Å²) in [5.74, 6) is -0.430. The Bertz CT molecular complexity index is 922. The van der Waals surface area contributed by atoms with Crippen LogP contribution in [0.15, 0.2) is 73.1 Å². The van der Waals surface area contributed by atoms with E-state index in [-0.39, 0.29) is 5.56 Å². The number of halogens is 3. The summed E-state index contributed by atoms with van der Waals surface area (Å²) in [7, 11) is 0. The van der Waals surface area contributed by atoms with Crippen LogP contribution in [-0.4, -0.2) is 10.9 Å². The summed E-state index contributed by atoms with van der Waals surface area (Å²) in [5, 5.41) is 2.64. The van der Waals surface area contributed by atoms with E-state index in [4.69, 9.17) is 0 Å². The highest BCUT2D eigenvalue weighted by Gasteiger charge is 2.34. The van der Waals surface area contributed by atoms with Crippen molar-refractivity contribution in [3.8, 4) is 11.1 Å². The fourth-order valence-corrected chi connectivity index (χ4v) is 2.85. The molecule has 0 spiro atoms. The van der Waals surface area contributed by atoms with Gasteiger partial charge in [-0.25, -0.2) is 0 Å². The molecular formula is C21H17F3N2O. The molecule has 0 unspecified atom stereocenters. The van der Waals surface area contributed by atoms with Crippen LogP contribution in [0.2, 0.25) is 0 Å². The van der Waals surface area contributed by atoms with Gasteiger partial charge in [0.1, 0.15) is 0 Å². The third-order valence-corrected chi connectivity index (χ3v) is 4.24. The number of nitrogens with one attached hydrogen (secondary N) is 1. The van der Waals surface area contributed by atoms with E-state index < -0.39 is 23.7 Å². The number of carbonyl (C=O) groups excluding carboxylic acids is 1. The number of hydrogen-bond donors (Lipinski definition) is 1. The Kier molecular flexibility index (Phi) is 5.26. The molecule has 138 valence electrons. The summed E-state index contributed by atoms with van der Waals surface area (Å²) < 4.78 is 39.5. The summed E-state index contributed by atoms with van der Waals surface area (Å²) in [5.41, 5.74) is 1.55. The Hall–Kier alpha value is -3.15. The minimum absolute atomic E-state index is 0.0340. The van der Waals surface area contributed by atoms with E-state index in [1.165, 1.54) is 25.1 Å². The summed E-state index contributed by atoms with van der Waals surface area (Å²) in [6.45, 7) is 1.54. The lowest BCUT2D eigenvalue weighted by atomic mass is 10.0. The summed E-state index contributed by atoms with van der Waals surface area (Å²) >= 11 is 0. The van der Waals surface area contributed by atoms with Crippen LogP contribution in [0.3, 0.4) is 0 Å². The van der Waals surface area contributed by atoms with Crippen molar-refractivity contribution in [2.45, 2.75) is 19.1 Å². The number of pyridine rings is 1. The molecule has 1 heterocycles. The number of benzene rings is 2. The Balaban J connectivity index is 1.76. The number of hydrogen-bond acceptors (Lipinski definition) is 2. The highest BCUT2D eigenvalue weighted by atomic mass is 19.4. The number of aromatic nitrogens is 1. The molecule has 0 aliphatic carbocycles. The zero-order valence-corrected chi connectivity index (χ0v) is 14.5. The van der Waals surface area contributed by atoms with Crippen LogP contribution in [0, 0.1) is 0 Å². The fourth-order valence-electron chi connectivity index (χ4n) is 2.85. The maximum absolute atomic E-state index is 13.2. The Labute approximate surface area is 154 Å². The molecule has 1 atom stereocenters. The van der Waals surface area contributed by atoms with Gasteiger partial charge in [-0.15, -0.1) is 0 Å². The average Bonchev–Trinajstić information content (AvgIpc) is 2.68. The van der Waals surface area contributed by atoms with Gasteiger partial charge < -0.3 is 5.32 Å². The second-order valence-electron chi connectivity index (χ2n) is 6.09. The maximum Gasteiger partial charge on any atom is 0.416 e. The lowest BCUT2D eigenvalue weighted by Gasteiger charge is -2.19. The van der Waals surface area contributed by atoms with E-state index in [9.17, 15) is 18.0 Å². The first-order valence-corrected chi connectivity index (χ1v) is 8.33. The molecule has 2 aromatic carbocycles. The Morgan fingerprint density at radius 3 is 2.15 bits per heavy atom. The van der Waals surface area contributed by atoms with Gasteiger partial charge in [0.15, 0.2) is 0 Å². The van der Waals surface area contributed by atoms with Gasteiger partial charge in [0, 0.05) is 18.0 Å². The van der Waals surface area contributed by atoms with E-state index in [2.05, 4.69) is 10.3 Å². The molecule has 6 heteroatoms. The Morgan fingerprint density at radius 1 is 0.926 bits per heavy atom. The van der Waals surface area contributed by atoms with E-state index in [1.807, 2.05) is 12.1 Å². The van der Waals surface area contributed by atoms with Gasteiger partial charge in [-0.05, 0) is 53.9 Å². The average molecular weight is 370 g/mol. The monoisotopic (exact) mass is 370 g/mol. The highest BCUT2D eigenvalue weighted by molar-refractivity contribution is 5.95. The lowest BCUT2D eigenvalue weighted by Crippen LogP contribution is -2.28. The standard InChI is InChI=1S/C21H17F3N2O/c1-14(18-4-2-3-5-19(18)21(22,23)24)26-20(27)17-8-6-15(7-9-17)16-10-12-25-13-11-16/h2-14H,1H3,(H,26,27)/t14-/m1/s1. The first-order chi connectivity index (χ1) is 12.9. The summed E-state index contributed by atoms with van der Waals surface area (Å²) in [6.07, 6.45) is -1.12. The molecule has 0 aliphatic heterocycles. The van der Waals surface area contributed by atoms with Gasteiger partial charge in [-0.1, -0.05) is 30.3 Å². The van der Waals surface area contributed by atoms with E-state index >= 15 is 0 Å². The molecule has 1 aromatic heterocycles. The largest absolute Gasteiger partial charge is 0.416 e. The van der Waals surface area contributed by atoms with Crippen LogP contribution >= 0.6 is 0 Å². The van der Waals surface area contributed by atoms with Gasteiger partial charge in [-0.3, -0.25) is 9.78 Å². The summed E-state index contributed by atoms with van der Waals surface area (Å²) in [6, 6.07) is 15.0. The molecule has 0 saturated carbocycles. The molecule has 3 nitrogen and oxygen atoms in total. The predicted octanol–water partition coefficient (Wildman–Crippen LogP) is 5.26. The quantitative estimate of drug-likeness (QED) is 0.681. The van der Waals surface area contributed by atoms with Crippen molar-refractivity contribution in [1.29, 1.82) is 0 Å². The first-order valence-electron chi connectivity index (χ1n) is 8.33. The highest BCUT2D eigenvalue weighted by Crippen LogP contribution is 2.34. The smallest absolute Gasteiger partial charge is 0.346 e. The molecule has 0 fully saturated rings. The van der Waals surface area contributed by atoms with Gasteiger partial charge in [-0.2, -0.15) is 13.2 Å². The number of amides is 1. The fraction of sp³-hybridized carbons (Fsp3) is 0.143. The normalized spacial score (nSPS) is 12.4. The van der Waals surface area contributed by atoms with E-state index in [1.54, 1.807) is 36.7 Å². The number of alkyl halides is 3. The second-order valence-corrected chi connectivity index (χ2v) is 6.09. The first kappa shape index (κ1) is 18.6. The van der Waals surface area contributed by atoms with Crippen molar-refractivity contribution >= 4 is 5.91 Å². The zero-order valence-electron chi connectivity index (χ0n) is 14.5. The zero-order chi connectivity index (χ0) is 19.4. The minimum atomic E-state index is -4.47. The molecule has 0 bridgehead atoms. The van der Waals surface area contributed by atoms with Crippen molar-refractivity contribution in [1.82, 2.24) is 10.3 Å². The predicted molar refractivity (Wildman–Crippen MR) is 97.0 cm³/mol. The second kappa shape index (κ2) is 7.61. The van der Waals surface area contributed by atoms with Crippen LogP contribution in [-0.2, 0) is 6.18 Å². The van der Waals surface area contributed by atoms with Crippen LogP contribution in [0.1, 0.15) is 34.5 Å². The van der Waals surface area contributed by atoms with E-state index in [0.29, 0.717) is 5.56 Å². The summed E-state index contributed by atoms with van der Waals surface area (Å²) in [4.78, 5) is 16.4.